The molecule has 6 unspecified atom stereocenters. The molecule has 0 saturated heterocycles. The molecule has 0 spiro atoms. The Bertz CT molecular complexity index is 444. The third-order valence-corrected chi connectivity index (χ3v) is 3.21. The maximum Gasteiger partial charge on any atom is 0.377 e. The summed E-state index contributed by atoms with van der Waals surface area (Å²) in [6.45, 7) is -1.24. The molecule has 0 bridgehead atoms. The molecule has 0 aromatic heterocycles. The molecule has 0 aromatic rings. The number of likely N-dealkylation sites (N-methyl/N-ethyl adjacent to an activating group) is 1. The predicted octanol–water partition coefficient (Wildman–Crippen LogP) is -4.77. The van der Waals surface area contributed by atoms with Gasteiger partial charge >= 0.3 is 5.97 Å². The lowest BCUT2D eigenvalue weighted by Gasteiger charge is -2.25. The normalized spacial score (nSPS) is 23.2. The topological polar surface area (TPSA) is 220 Å². The summed E-state index contributed by atoms with van der Waals surface area (Å²) < 4.78 is 4.32. The Morgan fingerprint density at radius 3 is 1.88 bits per heavy atom. The first-order chi connectivity index (χ1) is 11.6. The molecule has 1 aliphatic heterocycles. The third kappa shape index (κ3) is 6.72. The Morgan fingerprint density at radius 1 is 1.00 bits per heavy atom. The number of hydrogen-bond donors (Lipinski definition) is 10. The van der Waals surface area contributed by atoms with E-state index in [4.69, 9.17) is 40.9 Å². The molecular formula is C13H25NO11. The van der Waals surface area contributed by atoms with Crippen LogP contribution in [0.2, 0.25) is 0 Å². The zero-order valence-corrected chi connectivity index (χ0v) is 13.4. The van der Waals surface area contributed by atoms with Crippen molar-refractivity contribution in [1.29, 1.82) is 0 Å². The van der Waals surface area contributed by atoms with Crippen LogP contribution in [0.1, 0.15) is 0 Å². The quantitative estimate of drug-likeness (QED) is 0.182. The Kier molecular flexibility index (Phi) is 10.5. The Balaban J connectivity index is 0.000000462. The van der Waals surface area contributed by atoms with Crippen molar-refractivity contribution in [3.63, 3.8) is 0 Å². The van der Waals surface area contributed by atoms with Gasteiger partial charge in [0.1, 0.15) is 24.4 Å². The van der Waals surface area contributed by atoms with E-state index in [-0.39, 0.29) is 6.54 Å². The number of hydrogen-bond acceptors (Lipinski definition) is 12. The van der Waals surface area contributed by atoms with Crippen LogP contribution in [0.25, 0.3) is 0 Å². The molecule has 12 heteroatoms. The predicted molar refractivity (Wildman–Crippen MR) is 80.3 cm³/mol. The molecule has 1 aliphatic rings. The van der Waals surface area contributed by atoms with Crippen molar-refractivity contribution in [3.05, 3.63) is 11.5 Å². The van der Waals surface area contributed by atoms with Crippen molar-refractivity contribution in [2.75, 3.05) is 26.8 Å². The molecular weight excluding hydrogens is 346 g/mol. The van der Waals surface area contributed by atoms with Crippen LogP contribution in [0.5, 0.6) is 0 Å². The molecule has 0 radical (unpaired) electrons. The number of esters is 1. The lowest BCUT2D eigenvalue weighted by molar-refractivity contribution is -0.147. The standard InChI is InChI=1S/C7H17NO5.C6H8O6/c1-8-2-4(10)6(12)7(13)5(11)3-9;7-1-2(8)5-3(9)4(10)6(11)12-5/h4-13H,2-3H2,1H3;2,5,7-10H,1H2. The van der Waals surface area contributed by atoms with E-state index in [1.807, 2.05) is 0 Å². The molecule has 6 atom stereocenters. The largest absolute Gasteiger partial charge is 0.505 e. The van der Waals surface area contributed by atoms with E-state index < -0.39 is 67.3 Å². The van der Waals surface area contributed by atoms with Crippen LogP contribution < -0.4 is 5.32 Å². The zero-order chi connectivity index (χ0) is 19.7. The van der Waals surface area contributed by atoms with Gasteiger partial charge in [-0.15, -0.1) is 0 Å². The molecule has 0 aromatic carbocycles. The second-order valence-electron chi connectivity index (χ2n) is 5.17. The SMILES string of the molecule is CNCC(O)C(O)C(O)C(O)CO.O=C1OC(C(O)CO)C(O)=C1O. The number of carbonyl (C=O) groups is 1. The molecule has 0 saturated carbocycles. The molecule has 12 nitrogen and oxygen atoms in total. The fraction of sp³-hybridized carbons (Fsp3) is 0.769. The van der Waals surface area contributed by atoms with Gasteiger partial charge in [0.25, 0.3) is 0 Å². The minimum absolute atomic E-state index is 0.0936. The minimum Gasteiger partial charge on any atom is -0.505 e. The van der Waals surface area contributed by atoms with Gasteiger partial charge in [0.2, 0.25) is 5.76 Å². The molecule has 1 heterocycles. The second kappa shape index (κ2) is 11.2. The van der Waals surface area contributed by atoms with Gasteiger partial charge in [0.15, 0.2) is 11.9 Å². The van der Waals surface area contributed by atoms with E-state index in [1.165, 1.54) is 0 Å². The molecule has 0 amide bonds. The van der Waals surface area contributed by atoms with Gasteiger partial charge in [-0.25, -0.2) is 4.79 Å². The Hall–Kier alpha value is -1.51. The van der Waals surface area contributed by atoms with Gasteiger partial charge in [-0.3, -0.25) is 0 Å². The van der Waals surface area contributed by atoms with Gasteiger partial charge < -0.3 is 56.0 Å². The van der Waals surface area contributed by atoms with E-state index in [0.29, 0.717) is 0 Å². The van der Waals surface area contributed by atoms with Crippen LogP contribution in [-0.4, -0.2) is 115 Å². The van der Waals surface area contributed by atoms with Crippen molar-refractivity contribution < 1.29 is 55.5 Å². The van der Waals surface area contributed by atoms with E-state index in [9.17, 15) is 9.90 Å². The van der Waals surface area contributed by atoms with Crippen LogP contribution in [0, 0.1) is 0 Å². The van der Waals surface area contributed by atoms with E-state index in [2.05, 4.69) is 10.1 Å². The average molecular weight is 371 g/mol. The molecule has 0 aliphatic carbocycles. The highest BCUT2D eigenvalue weighted by atomic mass is 16.6. The summed E-state index contributed by atoms with van der Waals surface area (Å²) in [4.78, 5) is 10.5. The lowest BCUT2D eigenvalue weighted by Crippen LogP contribution is -2.48. The smallest absolute Gasteiger partial charge is 0.377 e. The van der Waals surface area contributed by atoms with Crippen molar-refractivity contribution in [2.45, 2.75) is 36.6 Å². The summed E-state index contributed by atoms with van der Waals surface area (Å²) in [6, 6.07) is 0. The van der Waals surface area contributed by atoms with Crippen molar-refractivity contribution in [2.24, 2.45) is 0 Å². The molecule has 25 heavy (non-hydrogen) atoms. The van der Waals surface area contributed by atoms with Gasteiger partial charge in [0, 0.05) is 6.54 Å². The van der Waals surface area contributed by atoms with Crippen molar-refractivity contribution >= 4 is 5.97 Å². The monoisotopic (exact) mass is 371 g/mol. The summed E-state index contributed by atoms with van der Waals surface area (Å²) in [5, 5.41) is 82.5. The highest BCUT2D eigenvalue weighted by molar-refractivity contribution is 5.89. The Morgan fingerprint density at radius 2 is 1.52 bits per heavy atom. The number of aliphatic hydroxyl groups is 9. The van der Waals surface area contributed by atoms with Crippen LogP contribution in [-0.2, 0) is 9.53 Å². The maximum absolute atomic E-state index is 10.5. The van der Waals surface area contributed by atoms with Crippen LogP contribution in [0.15, 0.2) is 11.5 Å². The van der Waals surface area contributed by atoms with Crippen molar-refractivity contribution in [1.82, 2.24) is 5.32 Å². The van der Waals surface area contributed by atoms with E-state index in [0.717, 1.165) is 0 Å². The van der Waals surface area contributed by atoms with Crippen LogP contribution in [0.4, 0.5) is 0 Å². The number of carbonyl (C=O) groups excluding carboxylic acids is 1. The molecule has 0 fully saturated rings. The average Bonchev–Trinajstić information content (AvgIpc) is 2.87. The van der Waals surface area contributed by atoms with E-state index >= 15 is 0 Å². The fourth-order valence-corrected chi connectivity index (χ4v) is 1.72. The minimum atomic E-state index is -1.55. The second-order valence-corrected chi connectivity index (χ2v) is 5.17. The number of rotatable bonds is 8. The zero-order valence-electron chi connectivity index (χ0n) is 13.4. The number of cyclic esters (lactones) is 1. The summed E-state index contributed by atoms with van der Waals surface area (Å²) in [7, 11) is 1.57. The summed E-state index contributed by atoms with van der Waals surface area (Å²) in [5.41, 5.74) is 0. The highest BCUT2D eigenvalue weighted by Crippen LogP contribution is 2.20. The molecule has 148 valence electrons. The number of nitrogens with one attached hydrogen (secondary N) is 1. The maximum atomic E-state index is 10.5. The number of ether oxygens (including phenoxy) is 1. The third-order valence-electron chi connectivity index (χ3n) is 3.21. The lowest BCUT2D eigenvalue weighted by atomic mass is 10.0. The number of aliphatic hydroxyl groups excluding tert-OH is 9. The first kappa shape index (κ1) is 23.5. The van der Waals surface area contributed by atoms with Gasteiger partial charge in [-0.1, -0.05) is 0 Å². The van der Waals surface area contributed by atoms with Crippen molar-refractivity contribution in [3.8, 4) is 0 Å². The van der Waals surface area contributed by atoms with Gasteiger partial charge in [0.05, 0.1) is 19.3 Å². The highest BCUT2D eigenvalue weighted by Gasteiger charge is 2.38. The summed E-state index contributed by atoms with van der Waals surface area (Å²) in [6.07, 6.45) is -8.42. The molecule has 1 rings (SSSR count). The first-order valence-electron chi connectivity index (χ1n) is 7.21. The summed E-state index contributed by atoms with van der Waals surface area (Å²) >= 11 is 0. The van der Waals surface area contributed by atoms with E-state index in [1.54, 1.807) is 7.05 Å². The van der Waals surface area contributed by atoms with Gasteiger partial charge in [-0.2, -0.15) is 0 Å². The Labute approximate surface area is 142 Å². The fourth-order valence-electron chi connectivity index (χ4n) is 1.72. The van der Waals surface area contributed by atoms with Crippen LogP contribution in [0.3, 0.4) is 0 Å². The van der Waals surface area contributed by atoms with Crippen LogP contribution >= 0.6 is 0 Å². The molecule has 10 N–H and O–H groups in total. The first-order valence-corrected chi connectivity index (χ1v) is 7.21. The summed E-state index contributed by atoms with van der Waals surface area (Å²) in [5.74, 6) is -2.78. The van der Waals surface area contributed by atoms with Gasteiger partial charge in [-0.05, 0) is 7.05 Å².